The molecule has 3 atom stereocenters. The molecule has 0 radical (unpaired) electrons. The lowest BCUT2D eigenvalue weighted by Crippen LogP contribution is -2.30. The number of carbonyl (C=O) groups excluding carboxylic acids is 3. The van der Waals surface area contributed by atoms with Gasteiger partial charge in [0, 0.05) is 12.8 Å². The van der Waals surface area contributed by atoms with Crippen molar-refractivity contribution in [3.63, 3.8) is 0 Å². The molecule has 0 aromatic carbocycles. The van der Waals surface area contributed by atoms with Gasteiger partial charge in [-0.3, -0.25) is 23.4 Å². The van der Waals surface area contributed by atoms with Crippen LogP contribution in [0.5, 0.6) is 0 Å². The lowest BCUT2D eigenvalue weighted by Gasteiger charge is -2.21. The first-order valence-corrected chi connectivity index (χ1v) is 29.0. The van der Waals surface area contributed by atoms with Gasteiger partial charge in [-0.15, -0.1) is 0 Å². The van der Waals surface area contributed by atoms with E-state index in [-0.39, 0.29) is 25.9 Å². The van der Waals surface area contributed by atoms with Crippen LogP contribution in [-0.4, -0.2) is 66.5 Å². The van der Waals surface area contributed by atoms with E-state index in [9.17, 15) is 28.9 Å². The van der Waals surface area contributed by atoms with Gasteiger partial charge in [-0.1, -0.05) is 215 Å². The van der Waals surface area contributed by atoms with Crippen LogP contribution in [0.3, 0.4) is 0 Å². The molecule has 0 aromatic heterocycles. The van der Waals surface area contributed by atoms with Crippen LogP contribution in [0.1, 0.15) is 226 Å². The number of aliphatic hydroxyl groups excluding tert-OH is 1. The number of hydrogen-bond acceptors (Lipinski definition) is 10. The summed E-state index contributed by atoms with van der Waals surface area (Å²) in [6.07, 6.45) is 58.6. The lowest BCUT2D eigenvalue weighted by atomic mass is 10.1. The largest absolute Gasteiger partial charge is 0.472 e. The minimum atomic E-state index is -4.77. The highest BCUT2D eigenvalue weighted by Gasteiger charge is 2.28. The number of allylic oxidation sites excluding steroid dienone is 13. The summed E-state index contributed by atoms with van der Waals surface area (Å²) in [7, 11) is -4.77. The van der Waals surface area contributed by atoms with Crippen LogP contribution in [0, 0.1) is 0 Å². The van der Waals surface area contributed by atoms with Gasteiger partial charge < -0.3 is 24.2 Å². The van der Waals surface area contributed by atoms with E-state index in [1.54, 1.807) is 6.08 Å². The third-order valence-electron chi connectivity index (χ3n) is 11.3. The first kappa shape index (κ1) is 66.7. The van der Waals surface area contributed by atoms with Crippen LogP contribution < -0.4 is 0 Å². The molecule has 0 aliphatic rings. The third kappa shape index (κ3) is 49.6. The Morgan fingerprint density at radius 1 is 0.429 bits per heavy atom. The van der Waals surface area contributed by atoms with E-state index in [4.69, 9.17) is 23.3 Å². The van der Waals surface area contributed by atoms with Gasteiger partial charge in [0.2, 0.25) is 0 Å². The Morgan fingerprint density at radius 2 is 0.800 bits per heavy atom. The molecule has 0 heterocycles. The van der Waals surface area contributed by atoms with Crippen molar-refractivity contribution in [1.82, 2.24) is 0 Å². The van der Waals surface area contributed by atoms with Crippen LogP contribution in [0.25, 0.3) is 0 Å². The van der Waals surface area contributed by atoms with Crippen molar-refractivity contribution in [1.29, 1.82) is 0 Å². The molecule has 0 fully saturated rings. The SMILES string of the molecule is CC/C=C\C/C=C\C/C=C\C/C=C\C/C=C\CC(=O)OC(COC(=O)CCCCCCCCC/C=C\C/C=C\CCCCC)COP(=O)(O)OCC(CO)OC(=O)CCCCCCCCCCCCC. The average Bonchev–Trinajstić information content (AvgIpc) is 3.35. The van der Waals surface area contributed by atoms with Crippen molar-refractivity contribution in [2.45, 2.75) is 238 Å². The second-order valence-corrected chi connectivity index (χ2v) is 19.5. The summed E-state index contributed by atoms with van der Waals surface area (Å²) in [5.41, 5.74) is 0. The maximum absolute atomic E-state index is 12.9. The van der Waals surface area contributed by atoms with E-state index in [0.29, 0.717) is 19.3 Å². The maximum Gasteiger partial charge on any atom is 0.472 e. The highest BCUT2D eigenvalue weighted by atomic mass is 31.2. The fourth-order valence-electron chi connectivity index (χ4n) is 7.17. The number of hydrogen-bond donors (Lipinski definition) is 2. The van der Waals surface area contributed by atoms with Gasteiger partial charge >= 0.3 is 25.7 Å². The Kier molecular flexibility index (Phi) is 49.5. The first-order chi connectivity index (χ1) is 34.2. The van der Waals surface area contributed by atoms with Crippen molar-refractivity contribution < 1.29 is 52.2 Å². The number of carbonyl (C=O) groups is 3. The molecule has 0 spiro atoms. The van der Waals surface area contributed by atoms with Crippen LogP contribution in [-0.2, 0) is 42.2 Å². The van der Waals surface area contributed by atoms with Gasteiger partial charge in [0.05, 0.1) is 26.2 Å². The van der Waals surface area contributed by atoms with Gasteiger partial charge in [0.15, 0.2) is 6.10 Å². The quantitative estimate of drug-likeness (QED) is 0.0197. The summed E-state index contributed by atoms with van der Waals surface area (Å²) < 4.78 is 39.3. The average molecular weight is 1000 g/mol. The second-order valence-electron chi connectivity index (χ2n) is 18.0. The van der Waals surface area contributed by atoms with Gasteiger partial charge in [0.1, 0.15) is 12.7 Å². The van der Waals surface area contributed by atoms with Crippen molar-refractivity contribution >= 4 is 25.7 Å². The molecule has 0 aliphatic heterocycles. The molecule has 0 saturated carbocycles. The fraction of sp³-hybridized carbons (Fsp3) is 0.707. The standard InChI is InChI=1S/C58H99O11P/c1-4-7-10-13-16-19-22-24-26-27-29-30-33-35-38-41-44-47-56(60)65-51-55(69-58(62)49-46-43-40-37-34-31-28-25-23-20-17-14-11-8-5-2)53-67-70(63,64)66-52-54(50-59)68-57(61)48-45-42-39-36-32-21-18-15-12-9-6-3/h8,11,16-17,19-20,24-26,28,34,37,43,46,54-55,59H,4-7,9-10,12-15,18,21-23,27,29-33,35-36,38-42,44-45,47-53H2,1-3H3,(H,63,64)/b11-8-,19-16-,20-17-,26-24-,28-25-,37-34-,46-43-. The Morgan fingerprint density at radius 3 is 1.29 bits per heavy atom. The molecule has 0 amide bonds. The number of phosphoric acid groups is 1. The predicted molar refractivity (Wildman–Crippen MR) is 288 cm³/mol. The van der Waals surface area contributed by atoms with Crippen LogP contribution in [0.2, 0.25) is 0 Å². The summed E-state index contributed by atoms with van der Waals surface area (Å²) in [4.78, 5) is 48.3. The minimum Gasteiger partial charge on any atom is -0.462 e. The number of rotatable bonds is 50. The van der Waals surface area contributed by atoms with Crippen LogP contribution in [0.4, 0.5) is 0 Å². The molecule has 2 N–H and O–H groups in total. The normalized spacial score (nSPS) is 14.1. The predicted octanol–water partition coefficient (Wildman–Crippen LogP) is 15.9. The Labute approximate surface area is 426 Å². The van der Waals surface area contributed by atoms with Gasteiger partial charge in [-0.25, -0.2) is 4.57 Å². The summed E-state index contributed by atoms with van der Waals surface area (Å²) in [5, 5.41) is 9.77. The third-order valence-corrected chi connectivity index (χ3v) is 12.3. The van der Waals surface area contributed by atoms with Crippen LogP contribution >= 0.6 is 7.82 Å². The van der Waals surface area contributed by atoms with Gasteiger partial charge in [0.25, 0.3) is 0 Å². The molecule has 3 unspecified atom stereocenters. The highest BCUT2D eigenvalue weighted by Crippen LogP contribution is 2.43. The summed E-state index contributed by atoms with van der Waals surface area (Å²) in [5.74, 6) is -1.63. The lowest BCUT2D eigenvalue weighted by molar-refractivity contribution is -0.160. The second kappa shape index (κ2) is 52.0. The van der Waals surface area contributed by atoms with E-state index in [1.165, 1.54) is 83.5 Å². The van der Waals surface area contributed by atoms with Crippen molar-refractivity contribution in [2.24, 2.45) is 0 Å². The molecule has 0 bridgehead atoms. The number of phosphoric ester groups is 1. The van der Waals surface area contributed by atoms with E-state index in [2.05, 4.69) is 81.5 Å². The number of aliphatic hydroxyl groups is 1. The maximum atomic E-state index is 12.9. The minimum absolute atomic E-state index is 0.0679. The summed E-state index contributed by atoms with van der Waals surface area (Å²) in [6.45, 7) is 4.37. The van der Waals surface area contributed by atoms with Crippen molar-refractivity contribution in [3.05, 3.63) is 85.1 Å². The van der Waals surface area contributed by atoms with Gasteiger partial charge in [-0.2, -0.15) is 0 Å². The molecular formula is C58H99O11P. The molecule has 0 aromatic rings. The zero-order valence-electron chi connectivity index (χ0n) is 44.2. The van der Waals surface area contributed by atoms with E-state index in [1.807, 2.05) is 18.2 Å². The summed E-state index contributed by atoms with van der Waals surface area (Å²) in [6, 6.07) is 0. The summed E-state index contributed by atoms with van der Waals surface area (Å²) >= 11 is 0. The molecule has 0 saturated heterocycles. The number of esters is 3. The first-order valence-electron chi connectivity index (χ1n) is 27.5. The number of unbranched alkanes of at least 4 members (excludes halogenated alkanes) is 20. The van der Waals surface area contributed by atoms with Crippen molar-refractivity contribution in [2.75, 3.05) is 26.4 Å². The smallest absolute Gasteiger partial charge is 0.462 e. The molecule has 70 heavy (non-hydrogen) atoms. The molecule has 11 nitrogen and oxygen atoms in total. The Balaban J connectivity index is 4.85. The van der Waals surface area contributed by atoms with Crippen molar-refractivity contribution in [3.8, 4) is 0 Å². The fourth-order valence-corrected chi connectivity index (χ4v) is 7.95. The van der Waals surface area contributed by atoms with E-state index < -0.39 is 57.8 Å². The monoisotopic (exact) mass is 1000 g/mol. The Bertz CT molecular complexity index is 1500. The number of ether oxygens (including phenoxy) is 3. The van der Waals surface area contributed by atoms with E-state index >= 15 is 0 Å². The highest BCUT2D eigenvalue weighted by molar-refractivity contribution is 7.47. The molecule has 0 aliphatic carbocycles. The zero-order chi connectivity index (χ0) is 51.3. The topological polar surface area (TPSA) is 155 Å². The zero-order valence-corrected chi connectivity index (χ0v) is 45.1. The molecule has 0 rings (SSSR count). The van der Waals surface area contributed by atoms with Crippen LogP contribution in [0.15, 0.2) is 85.1 Å². The van der Waals surface area contributed by atoms with E-state index in [0.717, 1.165) is 83.5 Å². The Hall–Kier alpha value is -3.34. The molecule has 12 heteroatoms. The molecule has 402 valence electrons. The molecular weight excluding hydrogens is 904 g/mol. The van der Waals surface area contributed by atoms with Gasteiger partial charge in [-0.05, 0) is 77.0 Å².